The van der Waals surface area contributed by atoms with E-state index >= 15 is 0 Å². The molecule has 1 heteroatoms. The molecule has 1 N–H and O–H groups in total. The predicted octanol–water partition coefficient (Wildman–Crippen LogP) is 2.48. The molecule has 0 atom stereocenters. The van der Waals surface area contributed by atoms with Gasteiger partial charge in [0.05, 0.1) is 4.11 Å². The Morgan fingerprint density at radius 3 is 3.40 bits per heavy atom. The number of hydrogen-bond acceptors (Lipinski definition) is 0. The summed E-state index contributed by atoms with van der Waals surface area (Å²) in [5.41, 5.74) is 1.51. The molecule has 0 unspecified atom stereocenters. The molecular formula is C9H9N. The maximum atomic E-state index is 7.65. The molecule has 1 heterocycles. The van der Waals surface area contributed by atoms with Crippen LogP contribution in [-0.2, 0) is 0 Å². The van der Waals surface area contributed by atoms with E-state index in [1.54, 1.807) is 19.1 Å². The van der Waals surface area contributed by atoms with Crippen molar-refractivity contribution in [2.45, 2.75) is 6.92 Å². The van der Waals surface area contributed by atoms with Crippen LogP contribution in [0.1, 0.15) is 9.68 Å². The first-order valence-corrected chi connectivity index (χ1v) is 3.16. The van der Waals surface area contributed by atoms with Gasteiger partial charge in [-0.3, -0.25) is 0 Å². The number of aromatic nitrogens is 1. The zero-order valence-electron chi connectivity index (χ0n) is 8.65. The molecule has 10 heavy (non-hydrogen) atoms. The van der Waals surface area contributed by atoms with Gasteiger partial charge in [-0.2, -0.15) is 0 Å². The first kappa shape index (κ1) is 3.24. The van der Waals surface area contributed by atoms with E-state index in [4.69, 9.17) is 4.11 Å². The second-order valence-corrected chi connectivity index (χ2v) is 2.27. The van der Waals surface area contributed by atoms with E-state index < -0.39 is 0 Å². The van der Waals surface area contributed by atoms with Gasteiger partial charge in [-0.05, 0) is 18.6 Å². The summed E-state index contributed by atoms with van der Waals surface area (Å²) in [6.45, 7) is 1.79. The Balaban J connectivity index is 2.97. The van der Waals surface area contributed by atoms with Crippen molar-refractivity contribution in [2.24, 2.45) is 0 Å². The maximum absolute atomic E-state index is 7.65. The minimum Gasteiger partial charge on any atom is -0.361 e. The van der Waals surface area contributed by atoms with Crippen LogP contribution in [0.3, 0.4) is 0 Å². The predicted molar refractivity (Wildman–Crippen MR) is 43.0 cm³/mol. The van der Waals surface area contributed by atoms with Crippen molar-refractivity contribution >= 4 is 10.9 Å². The van der Waals surface area contributed by atoms with Gasteiger partial charge in [0.2, 0.25) is 0 Å². The fourth-order valence-electron chi connectivity index (χ4n) is 1.01. The lowest BCUT2D eigenvalue weighted by atomic mass is 10.2. The normalized spacial score (nSPS) is 14.7. The largest absolute Gasteiger partial charge is 0.361 e. The van der Waals surface area contributed by atoms with Gasteiger partial charge in [-0.1, -0.05) is 18.2 Å². The van der Waals surface area contributed by atoms with Gasteiger partial charge in [-0.25, -0.2) is 0 Å². The molecule has 0 aliphatic carbocycles. The number of H-pyrrole nitrogens is 1. The summed E-state index contributed by atoms with van der Waals surface area (Å²) in [6.07, 6.45) is 0.328. The Morgan fingerprint density at radius 2 is 2.50 bits per heavy atom. The average Bonchev–Trinajstić information content (AvgIpc) is 2.37. The number of nitrogens with one attached hydrogen (secondary N) is 1. The third-order valence-corrected chi connectivity index (χ3v) is 1.56. The van der Waals surface area contributed by atoms with E-state index in [9.17, 15) is 0 Å². The molecule has 2 aromatic rings. The van der Waals surface area contributed by atoms with Crippen LogP contribution < -0.4 is 0 Å². The van der Waals surface area contributed by atoms with Gasteiger partial charge < -0.3 is 4.98 Å². The fourth-order valence-corrected chi connectivity index (χ4v) is 1.01. The van der Waals surface area contributed by atoms with Gasteiger partial charge in [0.15, 0.2) is 0 Å². The average molecular weight is 134 g/mol. The third-order valence-electron chi connectivity index (χ3n) is 1.56. The lowest BCUT2D eigenvalue weighted by Crippen LogP contribution is -1.64. The quantitative estimate of drug-likeness (QED) is 0.569. The Labute approximate surface area is 63.9 Å². The number of aryl methyl sites for hydroxylation is 1. The zero-order chi connectivity index (χ0) is 9.59. The van der Waals surface area contributed by atoms with Crippen molar-refractivity contribution in [1.82, 2.24) is 4.98 Å². The van der Waals surface area contributed by atoms with Gasteiger partial charge in [-0.15, -0.1) is 0 Å². The van der Waals surface area contributed by atoms with Crippen molar-refractivity contribution < 1.29 is 4.11 Å². The van der Waals surface area contributed by atoms with Crippen LogP contribution in [0, 0.1) is 6.92 Å². The minimum absolute atomic E-state index is 0.199. The minimum atomic E-state index is 0.199. The van der Waals surface area contributed by atoms with Gasteiger partial charge in [0, 0.05) is 17.1 Å². The Hall–Kier alpha value is -1.24. The second kappa shape index (κ2) is 1.87. The van der Waals surface area contributed by atoms with Crippen molar-refractivity contribution in [2.75, 3.05) is 0 Å². The smallest absolute Gasteiger partial charge is 0.0819 e. The lowest BCUT2D eigenvalue weighted by molar-refractivity contribution is 1.43. The highest BCUT2D eigenvalue weighted by molar-refractivity contribution is 5.82. The SMILES string of the molecule is [2H]c1ccc2[nH]c([2H])c(C)c2c1[2H]. The molecular weight excluding hydrogens is 122 g/mol. The summed E-state index contributed by atoms with van der Waals surface area (Å²) in [5, 5.41) is 0.692. The monoisotopic (exact) mass is 134 g/mol. The number of benzene rings is 1. The standard InChI is InChI=1S/C9H9N/c1-7-6-10-9-5-3-2-4-8(7)9/h2-6,10H,1H3/i2D,4D,6D. The number of para-hydroxylation sites is 1. The first-order valence-electron chi connectivity index (χ1n) is 4.66. The zero-order valence-corrected chi connectivity index (χ0v) is 5.65. The molecule has 0 bridgehead atoms. The molecule has 2 rings (SSSR count). The highest BCUT2D eigenvalue weighted by atomic mass is 14.7. The molecule has 1 nitrogen and oxygen atoms in total. The molecule has 0 fully saturated rings. The number of aromatic amines is 1. The second-order valence-electron chi connectivity index (χ2n) is 2.27. The maximum Gasteiger partial charge on any atom is 0.0819 e. The highest BCUT2D eigenvalue weighted by Gasteiger charge is 1.94. The fraction of sp³-hybridized carbons (Fsp3) is 0.111. The van der Waals surface area contributed by atoms with Crippen LogP contribution in [0.4, 0.5) is 0 Å². The van der Waals surface area contributed by atoms with Crippen molar-refractivity contribution in [3.05, 3.63) is 36.0 Å². The first-order chi connectivity index (χ1) is 6.11. The van der Waals surface area contributed by atoms with Crippen LogP contribution in [0.15, 0.2) is 30.4 Å². The van der Waals surface area contributed by atoms with E-state index in [-0.39, 0.29) is 12.1 Å². The molecule has 0 amide bonds. The number of hydrogen-bond donors (Lipinski definition) is 1. The van der Waals surface area contributed by atoms with Crippen LogP contribution in [0.25, 0.3) is 10.9 Å². The molecule has 0 aliphatic rings. The Morgan fingerprint density at radius 1 is 1.60 bits per heavy atom. The summed E-state index contributed by atoms with van der Waals surface area (Å²) in [6, 6.07) is 3.71. The van der Waals surface area contributed by atoms with Crippen molar-refractivity contribution in [3.63, 3.8) is 0 Å². The molecule has 0 saturated heterocycles. The van der Waals surface area contributed by atoms with E-state index in [1.165, 1.54) is 0 Å². The Bertz CT molecular complexity index is 473. The summed E-state index contributed by atoms with van der Waals surface area (Å²) in [4.78, 5) is 2.86. The highest BCUT2D eigenvalue weighted by Crippen LogP contribution is 2.15. The Kier molecular flexibility index (Phi) is 0.607. The molecule has 1 aromatic carbocycles. The van der Waals surface area contributed by atoms with Crippen LogP contribution in [0.5, 0.6) is 0 Å². The van der Waals surface area contributed by atoms with Crippen molar-refractivity contribution in [1.29, 1.82) is 0 Å². The van der Waals surface area contributed by atoms with E-state index in [0.29, 0.717) is 11.6 Å². The van der Waals surface area contributed by atoms with E-state index in [1.807, 2.05) is 0 Å². The van der Waals surface area contributed by atoms with Gasteiger partial charge in [0.25, 0.3) is 0 Å². The van der Waals surface area contributed by atoms with E-state index in [0.717, 1.165) is 11.1 Å². The van der Waals surface area contributed by atoms with E-state index in [2.05, 4.69) is 4.98 Å². The topological polar surface area (TPSA) is 15.8 Å². The van der Waals surface area contributed by atoms with Gasteiger partial charge >= 0.3 is 0 Å². The number of rotatable bonds is 0. The molecule has 0 saturated carbocycles. The summed E-state index contributed by atoms with van der Waals surface area (Å²) >= 11 is 0. The lowest BCUT2D eigenvalue weighted by Gasteiger charge is -1.86. The van der Waals surface area contributed by atoms with Crippen LogP contribution in [-0.4, -0.2) is 4.98 Å². The molecule has 50 valence electrons. The van der Waals surface area contributed by atoms with Crippen LogP contribution in [0.2, 0.25) is 0 Å². The van der Waals surface area contributed by atoms with Gasteiger partial charge in [0.1, 0.15) is 0 Å². The molecule has 0 radical (unpaired) electrons. The molecule has 1 aromatic heterocycles. The summed E-state index contributed by atoms with van der Waals surface area (Å²) in [7, 11) is 0. The molecule has 0 spiro atoms. The number of fused-ring (bicyclic) bond motifs is 1. The van der Waals surface area contributed by atoms with Crippen molar-refractivity contribution in [3.8, 4) is 0 Å². The molecule has 0 aliphatic heterocycles. The summed E-state index contributed by atoms with van der Waals surface area (Å²) < 4.78 is 22.6. The van der Waals surface area contributed by atoms with Crippen LogP contribution >= 0.6 is 0 Å². The summed E-state index contributed by atoms with van der Waals surface area (Å²) in [5.74, 6) is 0. The third kappa shape index (κ3) is 0.637.